The molecule has 2 aliphatic rings. The highest BCUT2D eigenvalue weighted by Crippen LogP contribution is 2.31. The van der Waals surface area contributed by atoms with E-state index in [9.17, 15) is 18.3 Å². The van der Waals surface area contributed by atoms with Crippen LogP contribution >= 0.6 is 0 Å². The van der Waals surface area contributed by atoms with Crippen molar-refractivity contribution in [1.29, 1.82) is 0 Å². The van der Waals surface area contributed by atoms with Crippen LogP contribution in [0.5, 0.6) is 5.75 Å². The Kier molecular flexibility index (Phi) is 10.1. The van der Waals surface area contributed by atoms with Gasteiger partial charge in [0.1, 0.15) is 11.9 Å². The normalized spacial score (nSPS) is 17.4. The van der Waals surface area contributed by atoms with E-state index in [4.69, 9.17) is 4.74 Å². The molecule has 1 aliphatic carbocycles. The van der Waals surface area contributed by atoms with Crippen molar-refractivity contribution in [3.63, 3.8) is 0 Å². The zero-order chi connectivity index (χ0) is 31.9. The summed E-state index contributed by atoms with van der Waals surface area (Å²) in [5, 5.41) is 21.6. The molecule has 1 aliphatic heterocycles. The van der Waals surface area contributed by atoms with Crippen LogP contribution in [-0.2, 0) is 23.0 Å². The number of aliphatic hydroxyl groups is 1. The third-order valence-electron chi connectivity index (χ3n) is 8.86. The van der Waals surface area contributed by atoms with E-state index in [2.05, 4.69) is 25.4 Å². The fourth-order valence-corrected chi connectivity index (χ4v) is 7.37. The minimum Gasteiger partial charge on any atom is -0.489 e. The molecule has 2 aromatic carbocycles. The Morgan fingerprint density at radius 1 is 1.02 bits per heavy atom. The number of tetrazole rings is 1. The van der Waals surface area contributed by atoms with Crippen molar-refractivity contribution >= 4 is 15.7 Å². The first-order valence-corrected chi connectivity index (χ1v) is 17.6. The Morgan fingerprint density at radius 3 is 2.63 bits per heavy atom. The molecule has 244 valence electrons. The number of hydrogen-bond donors (Lipinski definition) is 3. The molecule has 13 heteroatoms. The topological polar surface area (TPSA) is 153 Å². The lowest BCUT2D eigenvalue weighted by Gasteiger charge is -2.27. The molecule has 0 radical (unpaired) electrons. The fraction of sp³-hybridized carbons (Fsp3) is 0.455. The molecule has 0 amide bonds. The maximum atomic E-state index is 13.2. The van der Waals surface area contributed by atoms with Gasteiger partial charge in [0.15, 0.2) is 0 Å². The summed E-state index contributed by atoms with van der Waals surface area (Å²) in [6, 6.07) is 15.0. The fourth-order valence-electron chi connectivity index (χ4n) is 6.26. The Bertz CT molecular complexity index is 1750. The third-order valence-corrected chi connectivity index (χ3v) is 10.2. The van der Waals surface area contributed by atoms with Crippen molar-refractivity contribution in [2.45, 2.75) is 81.4 Å². The van der Waals surface area contributed by atoms with Crippen LogP contribution in [0.4, 0.5) is 5.69 Å². The van der Waals surface area contributed by atoms with Crippen LogP contribution in [0.1, 0.15) is 68.6 Å². The molecule has 1 unspecified atom stereocenters. The number of anilines is 1. The average molecular weight is 648 g/mol. The minimum absolute atomic E-state index is 0.0941. The summed E-state index contributed by atoms with van der Waals surface area (Å²) in [5.74, 6) is 1.48. The maximum Gasteiger partial charge on any atom is 0.368 e. The Morgan fingerprint density at radius 2 is 1.85 bits per heavy atom. The smallest absolute Gasteiger partial charge is 0.368 e. The molecule has 46 heavy (non-hydrogen) atoms. The van der Waals surface area contributed by atoms with Gasteiger partial charge in [-0.25, -0.2) is 13.2 Å². The minimum atomic E-state index is -3.86. The summed E-state index contributed by atoms with van der Waals surface area (Å²) in [5.41, 5.74) is 2.13. The monoisotopic (exact) mass is 647 g/mol. The molecule has 2 atom stereocenters. The third kappa shape index (κ3) is 7.83. The highest BCUT2D eigenvalue weighted by Gasteiger charge is 2.23. The molecule has 0 spiro atoms. The zero-order valence-electron chi connectivity index (χ0n) is 25.8. The van der Waals surface area contributed by atoms with Crippen LogP contribution in [-0.4, -0.2) is 57.5 Å². The number of benzene rings is 2. The molecule has 6 rings (SSSR count). The van der Waals surface area contributed by atoms with Crippen LogP contribution < -0.4 is 20.5 Å². The van der Waals surface area contributed by atoms with Gasteiger partial charge in [-0.2, -0.15) is 9.36 Å². The van der Waals surface area contributed by atoms with Crippen molar-refractivity contribution in [1.82, 2.24) is 30.1 Å². The Hall–Kier alpha value is -4.07. The molecule has 0 saturated heterocycles. The number of sulfonamides is 1. The van der Waals surface area contributed by atoms with Gasteiger partial charge in [0, 0.05) is 43.3 Å². The zero-order valence-corrected chi connectivity index (χ0v) is 26.6. The van der Waals surface area contributed by atoms with Gasteiger partial charge in [-0.1, -0.05) is 44.6 Å². The van der Waals surface area contributed by atoms with E-state index < -0.39 is 16.1 Å². The number of fused-ring (bicyclic) bond motifs is 1. The number of aryl methyl sites for hydroxylation is 2. The van der Waals surface area contributed by atoms with E-state index in [0.717, 1.165) is 29.9 Å². The lowest BCUT2D eigenvalue weighted by molar-refractivity contribution is 0.146. The van der Waals surface area contributed by atoms with Gasteiger partial charge >= 0.3 is 5.69 Å². The highest BCUT2D eigenvalue weighted by atomic mass is 32.2. The molecular weight excluding hydrogens is 606 g/mol. The summed E-state index contributed by atoms with van der Waals surface area (Å²) in [6.45, 7) is 1.46. The van der Waals surface area contributed by atoms with Crippen LogP contribution in [0.25, 0.3) is 5.69 Å². The molecule has 0 bridgehead atoms. The molecule has 2 aromatic heterocycles. The lowest BCUT2D eigenvalue weighted by atomic mass is 10.0. The number of nitrogens with one attached hydrogen (secondary N) is 2. The molecule has 1 saturated carbocycles. The van der Waals surface area contributed by atoms with Gasteiger partial charge in [0.05, 0.1) is 16.7 Å². The summed E-state index contributed by atoms with van der Waals surface area (Å²) >= 11 is 0. The Labute approximate surface area is 268 Å². The number of hydrogen-bond acceptors (Lipinski definition) is 9. The van der Waals surface area contributed by atoms with Gasteiger partial charge < -0.3 is 15.2 Å². The molecular formula is C33H41N7O5S. The number of aliphatic hydroxyl groups excluding tert-OH is 1. The summed E-state index contributed by atoms with van der Waals surface area (Å²) in [6.07, 6.45) is 12.4. The van der Waals surface area contributed by atoms with E-state index in [1.54, 1.807) is 54.9 Å². The van der Waals surface area contributed by atoms with Gasteiger partial charge in [-0.05, 0) is 89.7 Å². The SMILES string of the molecule is O=c1n(CCCCC2CCCC2)nnn1-c1ccc(NS(=O)(=O)c2ccc3c(c2)CCC(CNC[C@H](O)c2cccnc2)O3)cc1. The van der Waals surface area contributed by atoms with Crippen molar-refractivity contribution < 1.29 is 18.3 Å². The number of pyridine rings is 1. The van der Waals surface area contributed by atoms with E-state index in [1.807, 2.05) is 6.07 Å². The number of nitrogens with zero attached hydrogens (tertiary/aromatic N) is 5. The summed E-state index contributed by atoms with van der Waals surface area (Å²) < 4.78 is 37.8. The van der Waals surface area contributed by atoms with Crippen molar-refractivity contribution in [2.75, 3.05) is 17.8 Å². The van der Waals surface area contributed by atoms with Crippen LogP contribution in [0.15, 0.2) is 76.7 Å². The molecule has 3 N–H and O–H groups in total. The summed E-state index contributed by atoms with van der Waals surface area (Å²) in [4.78, 5) is 17.0. The van der Waals surface area contributed by atoms with Gasteiger partial charge in [0.2, 0.25) is 0 Å². The first kappa shape index (κ1) is 31.9. The van der Waals surface area contributed by atoms with Crippen LogP contribution in [0.2, 0.25) is 0 Å². The molecule has 4 aromatic rings. The predicted octanol–water partition coefficient (Wildman–Crippen LogP) is 4.00. The summed E-state index contributed by atoms with van der Waals surface area (Å²) in [7, 11) is -3.86. The van der Waals surface area contributed by atoms with Crippen molar-refractivity contribution in [3.05, 3.63) is 88.6 Å². The van der Waals surface area contributed by atoms with E-state index in [0.29, 0.717) is 49.6 Å². The number of rotatable bonds is 14. The second kappa shape index (κ2) is 14.6. The number of aromatic nitrogens is 5. The second-order valence-corrected chi connectivity index (χ2v) is 13.9. The van der Waals surface area contributed by atoms with Crippen molar-refractivity contribution in [3.8, 4) is 11.4 Å². The van der Waals surface area contributed by atoms with E-state index in [1.165, 1.54) is 47.5 Å². The average Bonchev–Trinajstić information content (AvgIpc) is 3.73. The maximum absolute atomic E-state index is 13.2. The second-order valence-electron chi connectivity index (χ2n) is 12.2. The first-order valence-electron chi connectivity index (χ1n) is 16.1. The highest BCUT2D eigenvalue weighted by molar-refractivity contribution is 7.92. The molecule has 3 heterocycles. The van der Waals surface area contributed by atoms with Crippen LogP contribution in [0.3, 0.4) is 0 Å². The van der Waals surface area contributed by atoms with Crippen LogP contribution in [0, 0.1) is 5.92 Å². The number of unbranched alkanes of at least 4 members (excludes halogenated alkanes) is 1. The standard InChI is InChI=1S/C33H41N7O5S/c41-31(26-9-5-18-34-21-26)23-35-22-29-15-10-25-20-30(16-17-32(25)45-29)46(43,44)36-27-11-13-28(14-12-27)40-33(42)39(37-38-40)19-4-3-8-24-6-1-2-7-24/h5,9,11-14,16-18,20-21,24,29,31,35-36,41H,1-4,6-8,10,15,19,22-23H2/t29?,31-/m0/s1. The lowest BCUT2D eigenvalue weighted by Crippen LogP contribution is -2.36. The predicted molar refractivity (Wildman–Crippen MR) is 173 cm³/mol. The van der Waals surface area contributed by atoms with Crippen molar-refractivity contribution in [2.24, 2.45) is 5.92 Å². The quantitative estimate of drug-likeness (QED) is 0.172. The van der Waals surface area contributed by atoms with Gasteiger partial charge in [-0.3, -0.25) is 9.71 Å². The molecule has 12 nitrogen and oxygen atoms in total. The van der Waals surface area contributed by atoms with E-state index in [-0.39, 0.29) is 16.7 Å². The largest absolute Gasteiger partial charge is 0.489 e. The Balaban J connectivity index is 1.00. The number of ether oxygens (including phenoxy) is 1. The van der Waals surface area contributed by atoms with E-state index >= 15 is 0 Å². The first-order chi connectivity index (χ1) is 22.4. The molecule has 1 fully saturated rings. The van der Waals surface area contributed by atoms with Gasteiger partial charge in [-0.15, -0.1) is 0 Å². The van der Waals surface area contributed by atoms with Gasteiger partial charge in [0.25, 0.3) is 10.0 Å².